The Bertz CT molecular complexity index is 719. The van der Waals surface area contributed by atoms with Crippen molar-refractivity contribution in [2.24, 2.45) is 0 Å². The van der Waals surface area contributed by atoms with Gasteiger partial charge < -0.3 is 9.84 Å². The van der Waals surface area contributed by atoms with Crippen LogP contribution in [0.2, 0.25) is 0 Å². The van der Waals surface area contributed by atoms with Gasteiger partial charge in [0.2, 0.25) is 0 Å². The predicted octanol–water partition coefficient (Wildman–Crippen LogP) is 3.59. The van der Waals surface area contributed by atoms with E-state index in [0.29, 0.717) is 36.2 Å². The topological polar surface area (TPSA) is 63.6 Å². The first-order chi connectivity index (χ1) is 11.2. The van der Waals surface area contributed by atoms with Crippen molar-refractivity contribution in [2.75, 3.05) is 6.61 Å². The van der Waals surface area contributed by atoms with Gasteiger partial charge >= 0.3 is 0 Å². The van der Waals surface area contributed by atoms with Crippen molar-refractivity contribution in [3.63, 3.8) is 0 Å². The SMILES string of the molecule is C=CCOc1ccccc1C(=O)CCc1cccc(C=O)c1O. The lowest BCUT2D eigenvalue weighted by molar-refractivity contribution is 0.0979. The summed E-state index contributed by atoms with van der Waals surface area (Å²) in [5, 5.41) is 9.96. The zero-order valence-corrected chi connectivity index (χ0v) is 12.7. The average molecular weight is 310 g/mol. The van der Waals surface area contributed by atoms with Crippen molar-refractivity contribution in [3.05, 3.63) is 71.8 Å². The second-order valence-electron chi connectivity index (χ2n) is 4.99. The maximum Gasteiger partial charge on any atom is 0.166 e. The summed E-state index contributed by atoms with van der Waals surface area (Å²) in [4.78, 5) is 23.2. The minimum Gasteiger partial charge on any atom is -0.507 e. The molecule has 0 radical (unpaired) electrons. The summed E-state index contributed by atoms with van der Waals surface area (Å²) in [6.45, 7) is 3.91. The maximum absolute atomic E-state index is 12.4. The summed E-state index contributed by atoms with van der Waals surface area (Å²) in [5.74, 6) is 0.371. The fourth-order valence-electron chi connectivity index (χ4n) is 2.26. The number of phenolic OH excluding ortho intramolecular Hbond substituents is 1. The molecule has 0 aliphatic carbocycles. The van der Waals surface area contributed by atoms with Crippen LogP contribution in [-0.2, 0) is 6.42 Å². The molecule has 0 aliphatic rings. The van der Waals surface area contributed by atoms with E-state index >= 15 is 0 Å². The summed E-state index contributed by atoms with van der Waals surface area (Å²) >= 11 is 0. The Balaban J connectivity index is 2.11. The van der Waals surface area contributed by atoms with Gasteiger partial charge in [-0.25, -0.2) is 0 Å². The molecule has 0 unspecified atom stereocenters. The van der Waals surface area contributed by atoms with Gasteiger partial charge in [-0.15, -0.1) is 0 Å². The zero-order valence-electron chi connectivity index (χ0n) is 12.7. The molecule has 0 amide bonds. The number of aromatic hydroxyl groups is 1. The first kappa shape index (κ1) is 16.5. The highest BCUT2D eigenvalue weighted by molar-refractivity contribution is 5.98. The van der Waals surface area contributed by atoms with Crippen molar-refractivity contribution < 1.29 is 19.4 Å². The van der Waals surface area contributed by atoms with Gasteiger partial charge in [-0.2, -0.15) is 0 Å². The van der Waals surface area contributed by atoms with E-state index in [1.807, 2.05) is 0 Å². The van der Waals surface area contributed by atoms with Crippen LogP contribution in [0.4, 0.5) is 0 Å². The van der Waals surface area contributed by atoms with Crippen LogP contribution in [0.5, 0.6) is 11.5 Å². The molecule has 2 aromatic carbocycles. The van der Waals surface area contributed by atoms with E-state index in [2.05, 4.69) is 6.58 Å². The fraction of sp³-hybridized carbons (Fsp3) is 0.158. The smallest absolute Gasteiger partial charge is 0.166 e. The van der Waals surface area contributed by atoms with Crippen LogP contribution < -0.4 is 4.74 Å². The molecule has 4 heteroatoms. The molecule has 23 heavy (non-hydrogen) atoms. The quantitative estimate of drug-likeness (QED) is 0.460. The maximum atomic E-state index is 12.4. The number of para-hydroxylation sites is 2. The summed E-state index contributed by atoms with van der Waals surface area (Å²) in [7, 11) is 0. The Morgan fingerprint density at radius 3 is 2.70 bits per heavy atom. The Morgan fingerprint density at radius 2 is 1.96 bits per heavy atom. The van der Waals surface area contributed by atoms with Gasteiger partial charge in [0.05, 0.1) is 11.1 Å². The van der Waals surface area contributed by atoms with E-state index in [1.165, 1.54) is 6.07 Å². The fourth-order valence-corrected chi connectivity index (χ4v) is 2.26. The highest BCUT2D eigenvalue weighted by atomic mass is 16.5. The molecule has 0 bridgehead atoms. The van der Waals surface area contributed by atoms with Gasteiger partial charge in [-0.3, -0.25) is 9.59 Å². The van der Waals surface area contributed by atoms with Crippen molar-refractivity contribution in [2.45, 2.75) is 12.8 Å². The summed E-state index contributed by atoms with van der Waals surface area (Å²) in [6, 6.07) is 11.9. The summed E-state index contributed by atoms with van der Waals surface area (Å²) in [5.41, 5.74) is 1.30. The van der Waals surface area contributed by atoms with Gasteiger partial charge in [-0.1, -0.05) is 36.9 Å². The van der Waals surface area contributed by atoms with Crippen molar-refractivity contribution >= 4 is 12.1 Å². The third kappa shape index (κ3) is 4.07. The van der Waals surface area contributed by atoms with E-state index in [1.54, 1.807) is 42.5 Å². The van der Waals surface area contributed by atoms with Gasteiger partial charge in [-0.05, 0) is 30.2 Å². The molecule has 0 aromatic heterocycles. The van der Waals surface area contributed by atoms with Crippen LogP contribution in [0.3, 0.4) is 0 Å². The third-order valence-electron chi connectivity index (χ3n) is 3.44. The molecule has 0 atom stereocenters. The van der Waals surface area contributed by atoms with E-state index in [-0.39, 0.29) is 23.5 Å². The van der Waals surface area contributed by atoms with Gasteiger partial charge in [0.15, 0.2) is 12.1 Å². The predicted molar refractivity (Wildman–Crippen MR) is 88.3 cm³/mol. The van der Waals surface area contributed by atoms with Crippen LogP contribution in [0.1, 0.15) is 32.7 Å². The highest BCUT2D eigenvalue weighted by Crippen LogP contribution is 2.24. The Kier molecular flexibility index (Phi) is 5.69. The van der Waals surface area contributed by atoms with Gasteiger partial charge in [0.1, 0.15) is 18.1 Å². The molecule has 4 nitrogen and oxygen atoms in total. The molecule has 0 heterocycles. The number of carbonyl (C=O) groups excluding carboxylic acids is 2. The highest BCUT2D eigenvalue weighted by Gasteiger charge is 2.14. The van der Waals surface area contributed by atoms with Crippen molar-refractivity contribution in [1.29, 1.82) is 0 Å². The summed E-state index contributed by atoms with van der Waals surface area (Å²) in [6.07, 6.45) is 2.77. The van der Waals surface area contributed by atoms with E-state index < -0.39 is 0 Å². The molecule has 0 saturated carbocycles. The lowest BCUT2D eigenvalue weighted by Crippen LogP contribution is -2.05. The molecule has 118 valence electrons. The molecule has 0 fully saturated rings. The molecule has 2 rings (SSSR count). The number of aryl methyl sites for hydroxylation is 1. The van der Waals surface area contributed by atoms with Crippen LogP contribution in [0.25, 0.3) is 0 Å². The van der Waals surface area contributed by atoms with Crippen molar-refractivity contribution in [1.82, 2.24) is 0 Å². The lowest BCUT2D eigenvalue weighted by atomic mass is 10.00. The number of hydrogen-bond acceptors (Lipinski definition) is 4. The first-order valence-electron chi connectivity index (χ1n) is 7.29. The molecular formula is C19H18O4. The van der Waals surface area contributed by atoms with E-state index in [9.17, 15) is 14.7 Å². The molecule has 0 aliphatic heterocycles. The number of aldehydes is 1. The molecule has 0 spiro atoms. The normalized spacial score (nSPS) is 10.1. The number of Topliss-reactive ketones (excluding diaryl/α,β-unsaturated/α-hetero) is 1. The number of phenols is 1. The Morgan fingerprint density at radius 1 is 1.17 bits per heavy atom. The van der Waals surface area contributed by atoms with E-state index in [4.69, 9.17) is 4.74 Å². The second-order valence-corrected chi connectivity index (χ2v) is 4.99. The second kappa shape index (κ2) is 7.94. The van der Waals surface area contributed by atoms with Gasteiger partial charge in [0, 0.05) is 6.42 Å². The number of ether oxygens (including phenoxy) is 1. The average Bonchev–Trinajstić information content (AvgIpc) is 2.59. The number of carbonyl (C=O) groups is 2. The van der Waals surface area contributed by atoms with Crippen LogP contribution in [0, 0.1) is 0 Å². The monoisotopic (exact) mass is 310 g/mol. The third-order valence-corrected chi connectivity index (χ3v) is 3.44. The zero-order chi connectivity index (χ0) is 16.7. The number of rotatable bonds is 8. The van der Waals surface area contributed by atoms with Crippen LogP contribution in [0.15, 0.2) is 55.1 Å². The molecular weight excluding hydrogens is 292 g/mol. The molecule has 2 aromatic rings. The van der Waals surface area contributed by atoms with Gasteiger partial charge in [0.25, 0.3) is 0 Å². The van der Waals surface area contributed by atoms with Crippen molar-refractivity contribution in [3.8, 4) is 11.5 Å². The number of benzene rings is 2. The minimum atomic E-state index is -0.0828. The van der Waals surface area contributed by atoms with E-state index in [0.717, 1.165) is 0 Å². The molecule has 1 N–H and O–H groups in total. The lowest BCUT2D eigenvalue weighted by Gasteiger charge is -2.10. The molecule has 0 saturated heterocycles. The Labute approximate surface area is 135 Å². The Hall–Kier alpha value is -2.88. The largest absolute Gasteiger partial charge is 0.507 e. The number of hydrogen-bond donors (Lipinski definition) is 1. The standard InChI is InChI=1S/C19H18O4/c1-2-12-23-18-9-4-3-8-16(18)17(21)11-10-14-6-5-7-15(13-20)19(14)22/h2-9,13,22H,1,10-12H2. The van der Waals surface area contributed by atoms with Crippen LogP contribution in [-0.4, -0.2) is 23.8 Å². The number of ketones is 1. The summed E-state index contributed by atoms with van der Waals surface area (Å²) < 4.78 is 5.49. The minimum absolute atomic E-state index is 0.0634. The first-order valence-corrected chi connectivity index (χ1v) is 7.29. The van der Waals surface area contributed by atoms with Crippen LogP contribution >= 0.6 is 0 Å².